The number of alkyl carbamates (subject to hydrolysis) is 1. The van der Waals surface area contributed by atoms with Crippen molar-refractivity contribution in [3.63, 3.8) is 0 Å². The molecule has 1 aromatic rings. The molecule has 0 heterocycles. The van der Waals surface area contributed by atoms with Gasteiger partial charge in [0.2, 0.25) is 0 Å². The van der Waals surface area contributed by atoms with E-state index >= 15 is 0 Å². The Hall–Kier alpha value is -1.77. The minimum atomic E-state index is -0.455. The van der Waals surface area contributed by atoms with Crippen LogP contribution in [-0.2, 0) is 4.74 Å². The summed E-state index contributed by atoms with van der Waals surface area (Å²) in [6.45, 7) is 8.05. The van der Waals surface area contributed by atoms with Crippen molar-refractivity contribution in [1.29, 1.82) is 0 Å². The molecule has 0 radical (unpaired) electrons. The molecule has 0 saturated heterocycles. The van der Waals surface area contributed by atoms with Crippen LogP contribution < -0.4 is 5.32 Å². The molecule has 18 heavy (non-hydrogen) atoms. The van der Waals surface area contributed by atoms with E-state index in [1.807, 2.05) is 51.1 Å². The lowest BCUT2D eigenvalue weighted by Gasteiger charge is -2.19. The Kier molecular flexibility index (Phi) is 4.95. The molecule has 0 atom stereocenters. The van der Waals surface area contributed by atoms with Gasteiger partial charge in [0.05, 0.1) is 0 Å². The molecule has 0 unspecified atom stereocenters. The lowest BCUT2D eigenvalue weighted by molar-refractivity contribution is 0.0534. The highest BCUT2D eigenvalue weighted by Crippen LogP contribution is 2.08. The van der Waals surface area contributed by atoms with E-state index in [-0.39, 0.29) is 0 Å². The zero-order valence-electron chi connectivity index (χ0n) is 11.5. The zero-order chi connectivity index (χ0) is 13.6. The summed E-state index contributed by atoms with van der Waals surface area (Å²) >= 11 is 0. The van der Waals surface area contributed by atoms with Crippen LogP contribution in [0, 0.1) is 6.92 Å². The van der Waals surface area contributed by atoms with Gasteiger partial charge >= 0.3 is 6.09 Å². The summed E-state index contributed by atoms with van der Waals surface area (Å²) in [5.74, 6) is 0. The largest absolute Gasteiger partial charge is 0.444 e. The first-order valence-corrected chi connectivity index (χ1v) is 6.07. The van der Waals surface area contributed by atoms with Gasteiger partial charge in [0, 0.05) is 6.54 Å². The van der Waals surface area contributed by atoms with Crippen molar-refractivity contribution in [3.05, 3.63) is 41.5 Å². The summed E-state index contributed by atoms with van der Waals surface area (Å²) in [5, 5.41) is 2.68. The highest BCUT2D eigenvalue weighted by Gasteiger charge is 2.14. The zero-order valence-corrected chi connectivity index (χ0v) is 11.5. The second-order valence-electron chi connectivity index (χ2n) is 5.14. The fraction of sp³-hybridized carbons (Fsp3) is 0.400. The second kappa shape index (κ2) is 6.24. The normalized spacial score (nSPS) is 11.6. The third kappa shape index (κ3) is 5.53. The van der Waals surface area contributed by atoms with Crippen LogP contribution in [0.3, 0.4) is 0 Å². The SMILES string of the molecule is Cc1ccccc1C=CCNC(=O)OC(C)(C)C. The molecule has 1 aromatic carbocycles. The molecule has 0 bridgehead atoms. The molecule has 0 spiro atoms. The predicted molar refractivity (Wildman–Crippen MR) is 74.4 cm³/mol. The molecule has 0 fully saturated rings. The van der Waals surface area contributed by atoms with Gasteiger partial charge in [0.25, 0.3) is 0 Å². The van der Waals surface area contributed by atoms with Crippen molar-refractivity contribution in [3.8, 4) is 0 Å². The Morgan fingerprint density at radius 1 is 1.33 bits per heavy atom. The van der Waals surface area contributed by atoms with Crippen molar-refractivity contribution in [2.45, 2.75) is 33.3 Å². The van der Waals surface area contributed by atoms with Crippen LogP contribution in [0.5, 0.6) is 0 Å². The van der Waals surface area contributed by atoms with Crippen molar-refractivity contribution in [2.75, 3.05) is 6.54 Å². The van der Waals surface area contributed by atoms with Gasteiger partial charge < -0.3 is 10.1 Å². The highest BCUT2D eigenvalue weighted by molar-refractivity contribution is 5.68. The van der Waals surface area contributed by atoms with E-state index in [1.165, 1.54) is 5.56 Å². The fourth-order valence-corrected chi connectivity index (χ4v) is 1.42. The monoisotopic (exact) mass is 247 g/mol. The number of carbonyl (C=O) groups excluding carboxylic acids is 1. The van der Waals surface area contributed by atoms with Gasteiger partial charge in [-0.1, -0.05) is 36.4 Å². The van der Waals surface area contributed by atoms with Gasteiger partial charge in [-0.2, -0.15) is 0 Å². The minimum absolute atomic E-state index is 0.392. The van der Waals surface area contributed by atoms with Crippen LogP contribution in [-0.4, -0.2) is 18.2 Å². The van der Waals surface area contributed by atoms with E-state index in [4.69, 9.17) is 4.74 Å². The smallest absolute Gasteiger partial charge is 0.407 e. The van der Waals surface area contributed by atoms with Crippen LogP contribution in [0.25, 0.3) is 6.08 Å². The molecule has 98 valence electrons. The van der Waals surface area contributed by atoms with Crippen LogP contribution >= 0.6 is 0 Å². The first kappa shape index (κ1) is 14.3. The van der Waals surface area contributed by atoms with Crippen molar-refractivity contribution in [2.24, 2.45) is 0 Å². The van der Waals surface area contributed by atoms with E-state index in [9.17, 15) is 4.79 Å². The first-order chi connectivity index (χ1) is 8.38. The van der Waals surface area contributed by atoms with Gasteiger partial charge in [0.15, 0.2) is 0 Å². The van der Waals surface area contributed by atoms with Crippen molar-refractivity contribution >= 4 is 12.2 Å². The minimum Gasteiger partial charge on any atom is -0.444 e. The Morgan fingerprint density at radius 3 is 2.61 bits per heavy atom. The van der Waals surface area contributed by atoms with Crippen LogP contribution in [0.15, 0.2) is 30.3 Å². The maximum absolute atomic E-state index is 11.4. The Balaban J connectivity index is 2.38. The van der Waals surface area contributed by atoms with E-state index in [1.54, 1.807) is 0 Å². The highest BCUT2D eigenvalue weighted by atomic mass is 16.6. The van der Waals surface area contributed by atoms with E-state index in [0.29, 0.717) is 6.54 Å². The molecule has 0 aliphatic carbocycles. The fourth-order valence-electron chi connectivity index (χ4n) is 1.42. The lowest BCUT2D eigenvalue weighted by Crippen LogP contribution is -2.32. The van der Waals surface area contributed by atoms with Gasteiger partial charge in [0.1, 0.15) is 5.60 Å². The lowest BCUT2D eigenvalue weighted by atomic mass is 10.1. The third-order valence-corrected chi connectivity index (χ3v) is 2.25. The quantitative estimate of drug-likeness (QED) is 0.887. The molecule has 0 aliphatic heterocycles. The van der Waals surface area contributed by atoms with E-state index < -0.39 is 11.7 Å². The molecule has 1 rings (SSSR count). The summed E-state index contributed by atoms with van der Waals surface area (Å²) < 4.78 is 5.13. The van der Waals surface area contributed by atoms with Crippen molar-refractivity contribution < 1.29 is 9.53 Å². The molecule has 0 saturated carbocycles. The van der Waals surface area contributed by atoms with Crippen LogP contribution in [0.4, 0.5) is 4.79 Å². The average molecular weight is 247 g/mol. The number of rotatable bonds is 3. The molecule has 1 N–H and O–H groups in total. The molecule has 0 aromatic heterocycles. The van der Waals surface area contributed by atoms with Crippen LogP contribution in [0.1, 0.15) is 31.9 Å². The Morgan fingerprint density at radius 2 is 2.00 bits per heavy atom. The predicted octanol–water partition coefficient (Wildman–Crippen LogP) is 3.53. The number of hydrogen-bond acceptors (Lipinski definition) is 2. The van der Waals surface area contributed by atoms with Gasteiger partial charge in [-0.25, -0.2) is 4.79 Å². The number of benzene rings is 1. The standard InChI is InChI=1S/C15H21NO2/c1-12-8-5-6-9-13(12)10-7-11-16-14(17)18-15(2,3)4/h5-10H,11H2,1-4H3,(H,16,17). The summed E-state index contributed by atoms with van der Waals surface area (Å²) in [5.41, 5.74) is 1.92. The molecule has 3 nitrogen and oxygen atoms in total. The number of hydrogen-bond donors (Lipinski definition) is 1. The molecular weight excluding hydrogens is 226 g/mol. The topological polar surface area (TPSA) is 38.3 Å². The molecular formula is C15H21NO2. The van der Waals surface area contributed by atoms with Crippen LogP contribution in [0.2, 0.25) is 0 Å². The maximum Gasteiger partial charge on any atom is 0.407 e. The second-order valence-corrected chi connectivity index (χ2v) is 5.14. The number of ether oxygens (including phenoxy) is 1. The number of aryl methyl sites for hydroxylation is 1. The number of nitrogens with one attached hydrogen (secondary N) is 1. The van der Waals surface area contributed by atoms with E-state index in [2.05, 4.69) is 18.3 Å². The van der Waals surface area contributed by atoms with Gasteiger partial charge in [-0.15, -0.1) is 0 Å². The summed E-state index contributed by atoms with van der Waals surface area (Å²) in [7, 11) is 0. The summed E-state index contributed by atoms with van der Waals surface area (Å²) in [6.07, 6.45) is 3.51. The number of amides is 1. The summed E-state index contributed by atoms with van der Waals surface area (Å²) in [6, 6.07) is 8.10. The first-order valence-electron chi connectivity index (χ1n) is 6.07. The summed E-state index contributed by atoms with van der Waals surface area (Å²) in [4.78, 5) is 11.4. The molecule has 1 amide bonds. The van der Waals surface area contributed by atoms with Gasteiger partial charge in [-0.05, 0) is 38.8 Å². The number of carbonyl (C=O) groups is 1. The van der Waals surface area contributed by atoms with E-state index in [0.717, 1.165) is 5.56 Å². The van der Waals surface area contributed by atoms with Crippen molar-refractivity contribution in [1.82, 2.24) is 5.32 Å². The Labute approximate surface area is 109 Å². The Bertz CT molecular complexity index is 430. The average Bonchev–Trinajstić information content (AvgIpc) is 2.24. The van der Waals surface area contributed by atoms with Gasteiger partial charge in [-0.3, -0.25) is 0 Å². The molecule has 3 heteroatoms. The third-order valence-electron chi connectivity index (χ3n) is 2.25. The molecule has 0 aliphatic rings. The maximum atomic E-state index is 11.4.